The van der Waals surface area contributed by atoms with E-state index in [-0.39, 0.29) is 11.9 Å². The number of nitrogens with one attached hydrogen (secondary N) is 1. The molecule has 156 valence electrons. The Morgan fingerprint density at radius 3 is 2.38 bits per heavy atom. The third kappa shape index (κ3) is 5.29. The summed E-state index contributed by atoms with van der Waals surface area (Å²) < 4.78 is 0. The molecule has 1 aliphatic rings. The standard InChI is InChI=1S/C22H32N6O/c1-6-27(7-2)21(29)14-28-10-8-9-20(28)19-13-18(12-17(5)23-19)26-22-24-15(3)11-16(4)25-22/h11-13,20H,6-10,14H2,1-5H3,(H,23,24,25,26)/t20-/m0/s1. The molecular weight excluding hydrogens is 364 g/mol. The predicted octanol–water partition coefficient (Wildman–Crippen LogP) is 3.55. The Morgan fingerprint density at radius 1 is 1.07 bits per heavy atom. The molecule has 1 N–H and O–H groups in total. The molecule has 2 aromatic heterocycles. The average Bonchev–Trinajstić information content (AvgIpc) is 3.09. The molecule has 0 spiro atoms. The number of pyridine rings is 1. The van der Waals surface area contributed by atoms with Crippen LogP contribution >= 0.6 is 0 Å². The van der Waals surface area contributed by atoms with E-state index in [9.17, 15) is 4.79 Å². The van der Waals surface area contributed by atoms with Gasteiger partial charge in [-0.3, -0.25) is 14.7 Å². The largest absolute Gasteiger partial charge is 0.342 e. The third-order valence-corrected chi connectivity index (χ3v) is 5.37. The SMILES string of the molecule is CCN(CC)C(=O)CN1CCC[C@H]1c1cc(Nc2nc(C)cc(C)n2)cc(C)n1. The number of nitrogens with zero attached hydrogens (tertiary/aromatic N) is 5. The van der Waals surface area contributed by atoms with Crippen LogP contribution in [0.4, 0.5) is 11.6 Å². The van der Waals surface area contributed by atoms with E-state index >= 15 is 0 Å². The Labute approximate surface area is 173 Å². The summed E-state index contributed by atoms with van der Waals surface area (Å²) in [6.07, 6.45) is 2.09. The lowest BCUT2D eigenvalue weighted by Crippen LogP contribution is -2.40. The van der Waals surface area contributed by atoms with Gasteiger partial charge in [0, 0.05) is 35.9 Å². The molecule has 2 aromatic rings. The second-order valence-corrected chi connectivity index (χ2v) is 7.72. The molecule has 1 amide bonds. The van der Waals surface area contributed by atoms with Crippen molar-refractivity contribution >= 4 is 17.5 Å². The number of likely N-dealkylation sites (N-methyl/N-ethyl adjacent to an activating group) is 1. The van der Waals surface area contributed by atoms with Crippen molar-refractivity contribution in [3.63, 3.8) is 0 Å². The molecule has 1 fully saturated rings. The first-order chi connectivity index (χ1) is 13.9. The first-order valence-corrected chi connectivity index (χ1v) is 10.5. The summed E-state index contributed by atoms with van der Waals surface area (Å²) in [5, 5.41) is 3.33. The molecule has 0 bridgehead atoms. The van der Waals surface area contributed by atoms with E-state index in [2.05, 4.69) is 26.3 Å². The number of carbonyl (C=O) groups is 1. The fourth-order valence-electron chi connectivity index (χ4n) is 4.05. The Bertz CT molecular complexity index is 844. The molecule has 1 aliphatic heterocycles. The van der Waals surface area contributed by atoms with Crippen LogP contribution in [0.25, 0.3) is 0 Å². The number of hydrogen-bond donors (Lipinski definition) is 1. The van der Waals surface area contributed by atoms with E-state index in [1.807, 2.05) is 51.7 Å². The maximum Gasteiger partial charge on any atom is 0.236 e. The maximum atomic E-state index is 12.6. The molecule has 7 nitrogen and oxygen atoms in total. The summed E-state index contributed by atoms with van der Waals surface area (Å²) in [6.45, 7) is 12.9. The molecule has 7 heteroatoms. The van der Waals surface area contributed by atoms with Gasteiger partial charge in [-0.15, -0.1) is 0 Å². The molecule has 1 saturated heterocycles. The number of carbonyl (C=O) groups excluding carboxylic acids is 1. The highest BCUT2D eigenvalue weighted by atomic mass is 16.2. The van der Waals surface area contributed by atoms with Crippen molar-refractivity contribution in [3.05, 3.63) is 41.0 Å². The molecule has 29 heavy (non-hydrogen) atoms. The lowest BCUT2D eigenvalue weighted by Gasteiger charge is -2.27. The molecule has 0 aliphatic carbocycles. The van der Waals surface area contributed by atoms with Crippen molar-refractivity contribution in [1.29, 1.82) is 0 Å². The highest BCUT2D eigenvalue weighted by Crippen LogP contribution is 2.32. The summed E-state index contributed by atoms with van der Waals surface area (Å²) >= 11 is 0. The normalized spacial score (nSPS) is 16.8. The first kappa shape index (κ1) is 21.2. The Balaban J connectivity index is 1.80. The quantitative estimate of drug-likeness (QED) is 0.772. The van der Waals surface area contributed by atoms with Gasteiger partial charge in [-0.25, -0.2) is 9.97 Å². The highest BCUT2D eigenvalue weighted by molar-refractivity contribution is 5.78. The van der Waals surface area contributed by atoms with Crippen LogP contribution < -0.4 is 5.32 Å². The minimum absolute atomic E-state index is 0.162. The van der Waals surface area contributed by atoms with E-state index in [4.69, 9.17) is 4.98 Å². The number of likely N-dealkylation sites (tertiary alicyclic amines) is 1. The zero-order valence-electron chi connectivity index (χ0n) is 18.2. The highest BCUT2D eigenvalue weighted by Gasteiger charge is 2.30. The summed E-state index contributed by atoms with van der Waals surface area (Å²) in [6, 6.07) is 6.19. The average molecular weight is 397 g/mol. The molecule has 0 aromatic carbocycles. The second kappa shape index (κ2) is 9.31. The zero-order valence-corrected chi connectivity index (χ0v) is 18.2. The van der Waals surface area contributed by atoms with Gasteiger partial charge in [-0.2, -0.15) is 0 Å². The van der Waals surface area contributed by atoms with E-state index in [0.29, 0.717) is 12.5 Å². The lowest BCUT2D eigenvalue weighted by atomic mass is 10.1. The number of aryl methyl sites for hydroxylation is 3. The number of hydrogen-bond acceptors (Lipinski definition) is 6. The van der Waals surface area contributed by atoms with Gasteiger partial charge in [0.1, 0.15) is 0 Å². The number of amides is 1. The molecule has 1 atom stereocenters. The van der Waals surface area contributed by atoms with Crippen LogP contribution in [0.2, 0.25) is 0 Å². The van der Waals surface area contributed by atoms with Gasteiger partial charge >= 0.3 is 0 Å². The van der Waals surface area contributed by atoms with Gasteiger partial charge in [0.15, 0.2) is 0 Å². The van der Waals surface area contributed by atoms with Gasteiger partial charge in [-0.1, -0.05) is 0 Å². The zero-order chi connectivity index (χ0) is 21.0. The topological polar surface area (TPSA) is 74.2 Å². The van der Waals surface area contributed by atoms with Crippen molar-refractivity contribution in [2.45, 2.75) is 53.5 Å². The van der Waals surface area contributed by atoms with Gasteiger partial charge < -0.3 is 10.2 Å². The van der Waals surface area contributed by atoms with Crippen LogP contribution in [0.15, 0.2) is 18.2 Å². The van der Waals surface area contributed by atoms with Crippen molar-refractivity contribution < 1.29 is 4.79 Å². The van der Waals surface area contributed by atoms with Gasteiger partial charge in [0.05, 0.1) is 18.3 Å². The summed E-state index contributed by atoms with van der Waals surface area (Å²) in [7, 11) is 0. The van der Waals surface area contributed by atoms with Crippen LogP contribution in [-0.2, 0) is 4.79 Å². The van der Waals surface area contributed by atoms with Crippen LogP contribution in [0.1, 0.15) is 55.5 Å². The van der Waals surface area contributed by atoms with E-state index in [1.165, 1.54) is 0 Å². The van der Waals surface area contributed by atoms with E-state index in [1.54, 1.807) is 0 Å². The van der Waals surface area contributed by atoms with E-state index in [0.717, 1.165) is 60.9 Å². The molecule has 0 unspecified atom stereocenters. The van der Waals surface area contributed by atoms with Gasteiger partial charge in [-0.05, 0) is 72.2 Å². The van der Waals surface area contributed by atoms with Gasteiger partial charge in [0.25, 0.3) is 0 Å². The predicted molar refractivity (Wildman–Crippen MR) is 115 cm³/mol. The Morgan fingerprint density at radius 2 is 1.72 bits per heavy atom. The Kier molecular flexibility index (Phi) is 6.79. The van der Waals surface area contributed by atoms with Crippen molar-refractivity contribution in [2.24, 2.45) is 0 Å². The third-order valence-electron chi connectivity index (χ3n) is 5.37. The van der Waals surface area contributed by atoms with Crippen molar-refractivity contribution in [2.75, 3.05) is 31.5 Å². The van der Waals surface area contributed by atoms with E-state index < -0.39 is 0 Å². The maximum absolute atomic E-state index is 12.6. The number of aromatic nitrogens is 3. The summed E-state index contributed by atoms with van der Waals surface area (Å²) in [5.74, 6) is 0.788. The lowest BCUT2D eigenvalue weighted by molar-refractivity contribution is -0.132. The summed E-state index contributed by atoms with van der Waals surface area (Å²) in [4.78, 5) is 30.5. The smallest absolute Gasteiger partial charge is 0.236 e. The van der Waals surface area contributed by atoms with Crippen LogP contribution in [0.5, 0.6) is 0 Å². The van der Waals surface area contributed by atoms with Crippen LogP contribution in [0.3, 0.4) is 0 Å². The second-order valence-electron chi connectivity index (χ2n) is 7.72. The molecule has 0 radical (unpaired) electrons. The minimum Gasteiger partial charge on any atom is -0.342 e. The van der Waals surface area contributed by atoms with Crippen molar-refractivity contribution in [3.8, 4) is 0 Å². The fourth-order valence-corrected chi connectivity index (χ4v) is 4.05. The minimum atomic E-state index is 0.162. The van der Waals surface area contributed by atoms with Crippen molar-refractivity contribution in [1.82, 2.24) is 24.8 Å². The number of rotatable bonds is 7. The number of anilines is 2. The van der Waals surface area contributed by atoms with Gasteiger partial charge in [0.2, 0.25) is 11.9 Å². The Hall–Kier alpha value is -2.54. The molecule has 3 rings (SSSR count). The fraction of sp³-hybridized carbons (Fsp3) is 0.545. The van der Waals surface area contributed by atoms with Crippen LogP contribution in [0, 0.1) is 20.8 Å². The first-order valence-electron chi connectivity index (χ1n) is 10.5. The molecular formula is C22H32N6O. The monoisotopic (exact) mass is 396 g/mol. The molecule has 3 heterocycles. The summed E-state index contributed by atoms with van der Waals surface area (Å²) in [5.41, 5.74) is 4.74. The van der Waals surface area contributed by atoms with Crippen LogP contribution in [-0.4, -0.2) is 56.8 Å². The molecule has 0 saturated carbocycles.